The fourth-order valence-corrected chi connectivity index (χ4v) is 1.68. The largest absolute Gasteiger partial charge is 0.367 e. The molecule has 18 heavy (non-hydrogen) atoms. The summed E-state index contributed by atoms with van der Waals surface area (Å²) in [6.45, 7) is 4.93. The van der Waals surface area contributed by atoms with Crippen LogP contribution in [0.15, 0.2) is 24.3 Å². The van der Waals surface area contributed by atoms with Gasteiger partial charge in [-0.15, -0.1) is 0 Å². The number of hydrazine groups is 1. The molecular weight excluding hydrogens is 228 g/mol. The van der Waals surface area contributed by atoms with E-state index in [-0.39, 0.29) is 12.5 Å². The molecule has 0 bridgehead atoms. The number of nitrogens with one attached hydrogen (secondary N) is 2. The minimum atomic E-state index is -0.172. The Labute approximate surface area is 109 Å². The van der Waals surface area contributed by atoms with E-state index in [0.717, 1.165) is 12.0 Å². The molecule has 0 aliphatic heterocycles. The average Bonchev–Trinajstić information content (AvgIpc) is 2.31. The van der Waals surface area contributed by atoms with Crippen LogP contribution in [-0.4, -0.2) is 19.6 Å². The summed E-state index contributed by atoms with van der Waals surface area (Å²) in [4.78, 5) is 11.1. The van der Waals surface area contributed by atoms with Gasteiger partial charge in [0.05, 0.1) is 6.61 Å². The molecule has 0 aliphatic rings. The lowest BCUT2D eigenvalue weighted by atomic mass is 10.0. The number of ether oxygens (including phenoxy) is 1. The third kappa shape index (κ3) is 5.80. The molecule has 0 heterocycles. The van der Waals surface area contributed by atoms with E-state index in [0.29, 0.717) is 12.5 Å². The Bertz CT molecular complexity index is 361. The maximum Gasteiger partial charge on any atom is 0.260 e. The summed E-state index contributed by atoms with van der Waals surface area (Å²) in [6.07, 6.45) is 1.09. The zero-order valence-corrected chi connectivity index (χ0v) is 11.3. The number of rotatable bonds is 7. The van der Waals surface area contributed by atoms with E-state index < -0.39 is 0 Å². The molecule has 1 rings (SSSR count). The minimum absolute atomic E-state index is 0.0641. The summed E-state index contributed by atoms with van der Waals surface area (Å²) in [5, 5.41) is 0. The molecule has 2 N–H and O–H groups in total. The molecule has 0 atom stereocenters. The van der Waals surface area contributed by atoms with Gasteiger partial charge in [-0.2, -0.15) is 0 Å². The molecule has 1 aromatic carbocycles. The van der Waals surface area contributed by atoms with Crippen LogP contribution in [0.3, 0.4) is 0 Å². The van der Waals surface area contributed by atoms with E-state index in [2.05, 4.69) is 36.8 Å². The number of carbonyl (C=O) groups excluding carboxylic acids is 1. The van der Waals surface area contributed by atoms with Crippen LogP contribution in [0.1, 0.15) is 25.0 Å². The van der Waals surface area contributed by atoms with Crippen LogP contribution in [0.25, 0.3) is 0 Å². The first-order valence-electron chi connectivity index (χ1n) is 6.23. The lowest BCUT2D eigenvalue weighted by Gasteiger charge is -2.07. The number of benzene rings is 1. The van der Waals surface area contributed by atoms with Crippen molar-refractivity contribution >= 4 is 5.91 Å². The molecule has 4 nitrogen and oxygen atoms in total. The molecule has 0 spiro atoms. The maximum absolute atomic E-state index is 11.1. The fourth-order valence-electron chi connectivity index (χ4n) is 1.68. The van der Waals surface area contributed by atoms with Crippen LogP contribution in [0.5, 0.6) is 0 Å². The predicted molar refractivity (Wildman–Crippen MR) is 71.8 cm³/mol. The number of hydrogen-bond acceptors (Lipinski definition) is 3. The van der Waals surface area contributed by atoms with Crippen LogP contribution in [0, 0.1) is 5.92 Å². The van der Waals surface area contributed by atoms with Crippen molar-refractivity contribution in [3.05, 3.63) is 35.4 Å². The van der Waals surface area contributed by atoms with Crippen molar-refractivity contribution in [3.63, 3.8) is 0 Å². The highest BCUT2D eigenvalue weighted by Gasteiger charge is 2.01. The molecule has 1 amide bonds. The number of amides is 1. The highest BCUT2D eigenvalue weighted by molar-refractivity contribution is 5.76. The van der Waals surface area contributed by atoms with E-state index in [1.165, 1.54) is 5.56 Å². The molecule has 0 saturated carbocycles. The molecule has 0 aliphatic carbocycles. The van der Waals surface area contributed by atoms with E-state index >= 15 is 0 Å². The smallest absolute Gasteiger partial charge is 0.260 e. The van der Waals surface area contributed by atoms with Gasteiger partial charge < -0.3 is 4.74 Å². The Morgan fingerprint density at radius 3 is 2.39 bits per heavy atom. The normalized spacial score (nSPS) is 10.7. The van der Waals surface area contributed by atoms with Crippen LogP contribution < -0.4 is 10.9 Å². The van der Waals surface area contributed by atoms with Crippen molar-refractivity contribution in [2.24, 2.45) is 5.92 Å². The van der Waals surface area contributed by atoms with Gasteiger partial charge in [-0.3, -0.25) is 10.2 Å². The molecule has 0 unspecified atom stereocenters. The SMILES string of the molecule is CNNC(=O)COCc1ccc(CC(C)C)cc1. The monoisotopic (exact) mass is 250 g/mol. The van der Waals surface area contributed by atoms with Gasteiger partial charge in [0.1, 0.15) is 6.61 Å². The van der Waals surface area contributed by atoms with Crippen molar-refractivity contribution < 1.29 is 9.53 Å². The van der Waals surface area contributed by atoms with Gasteiger partial charge in [0, 0.05) is 7.05 Å². The van der Waals surface area contributed by atoms with E-state index in [9.17, 15) is 4.79 Å². The summed E-state index contributed by atoms with van der Waals surface area (Å²) < 4.78 is 5.30. The van der Waals surface area contributed by atoms with Gasteiger partial charge >= 0.3 is 0 Å². The van der Waals surface area contributed by atoms with Crippen molar-refractivity contribution in [2.45, 2.75) is 26.9 Å². The molecule has 0 radical (unpaired) electrons. The van der Waals surface area contributed by atoms with Gasteiger partial charge in [0.15, 0.2) is 0 Å². The third-order valence-electron chi connectivity index (χ3n) is 2.43. The zero-order chi connectivity index (χ0) is 13.4. The van der Waals surface area contributed by atoms with Crippen LogP contribution in [0.4, 0.5) is 0 Å². The minimum Gasteiger partial charge on any atom is -0.367 e. The topological polar surface area (TPSA) is 50.4 Å². The first-order valence-corrected chi connectivity index (χ1v) is 6.23. The zero-order valence-electron chi connectivity index (χ0n) is 11.3. The maximum atomic E-state index is 11.1. The summed E-state index contributed by atoms with van der Waals surface area (Å²) in [5.41, 5.74) is 7.43. The van der Waals surface area contributed by atoms with Gasteiger partial charge in [-0.1, -0.05) is 38.1 Å². The molecular formula is C14H22N2O2. The molecule has 1 aromatic rings. The second-order valence-electron chi connectivity index (χ2n) is 4.71. The molecule has 0 fully saturated rings. The highest BCUT2D eigenvalue weighted by atomic mass is 16.5. The quantitative estimate of drug-likeness (QED) is 0.724. The Hall–Kier alpha value is -1.39. The van der Waals surface area contributed by atoms with Crippen LogP contribution in [-0.2, 0) is 22.6 Å². The van der Waals surface area contributed by atoms with E-state index in [4.69, 9.17) is 4.74 Å². The molecule has 100 valence electrons. The van der Waals surface area contributed by atoms with Crippen LogP contribution >= 0.6 is 0 Å². The summed E-state index contributed by atoms with van der Waals surface area (Å²) in [7, 11) is 1.64. The lowest BCUT2D eigenvalue weighted by molar-refractivity contribution is -0.126. The highest BCUT2D eigenvalue weighted by Crippen LogP contribution is 2.10. The molecule has 0 saturated heterocycles. The second-order valence-corrected chi connectivity index (χ2v) is 4.71. The fraction of sp³-hybridized carbons (Fsp3) is 0.500. The van der Waals surface area contributed by atoms with Gasteiger partial charge in [0.2, 0.25) is 0 Å². The predicted octanol–water partition coefficient (Wildman–Crippen LogP) is 1.65. The lowest BCUT2D eigenvalue weighted by Crippen LogP contribution is -2.36. The Balaban J connectivity index is 2.33. The van der Waals surface area contributed by atoms with Crippen molar-refractivity contribution in [1.29, 1.82) is 0 Å². The summed E-state index contributed by atoms with van der Waals surface area (Å²) >= 11 is 0. The van der Waals surface area contributed by atoms with Crippen LogP contribution in [0.2, 0.25) is 0 Å². The number of hydrogen-bond donors (Lipinski definition) is 2. The van der Waals surface area contributed by atoms with Crippen molar-refractivity contribution in [2.75, 3.05) is 13.7 Å². The Morgan fingerprint density at radius 2 is 1.83 bits per heavy atom. The average molecular weight is 250 g/mol. The standard InChI is InChI=1S/C14H22N2O2/c1-11(2)8-12-4-6-13(7-5-12)9-18-10-14(17)16-15-3/h4-7,11,15H,8-10H2,1-3H3,(H,16,17). The Morgan fingerprint density at radius 1 is 1.22 bits per heavy atom. The third-order valence-corrected chi connectivity index (χ3v) is 2.43. The van der Waals surface area contributed by atoms with E-state index in [1.54, 1.807) is 7.05 Å². The van der Waals surface area contributed by atoms with Gasteiger partial charge in [-0.05, 0) is 23.5 Å². The summed E-state index contributed by atoms with van der Waals surface area (Å²) in [5.74, 6) is 0.492. The summed E-state index contributed by atoms with van der Waals surface area (Å²) in [6, 6.07) is 8.33. The first-order chi connectivity index (χ1) is 8.61. The first kappa shape index (κ1) is 14.7. The Kier molecular flexibility index (Phi) is 6.39. The molecule has 4 heteroatoms. The number of carbonyl (C=O) groups is 1. The molecule has 0 aromatic heterocycles. The second kappa shape index (κ2) is 7.84. The van der Waals surface area contributed by atoms with Gasteiger partial charge in [-0.25, -0.2) is 5.43 Å². The van der Waals surface area contributed by atoms with Gasteiger partial charge in [0.25, 0.3) is 5.91 Å². The van der Waals surface area contributed by atoms with E-state index in [1.807, 2.05) is 12.1 Å². The van der Waals surface area contributed by atoms with Crippen molar-refractivity contribution in [1.82, 2.24) is 10.9 Å². The van der Waals surface area contributed by atoms with Crippen molar-refractivity contribution in [3.8, 4) is 0 Å².